The van der Waals surface area contributed by atoms with E-state index in [1.807, 2.05) is 0 Å². The van der Waals surface area contributed by atoms with E-state index >= 15 is 0 Å². The molecule has 0 saturated heterocycles. The molecule has 4 N–H and O–H groups in total. The quantitative estimate of drug-likeness (QED) is 0.650. The molecule has 1 aromatic carbocycles. The van der Waals surface area contributed by atoms with Crippen molar-refractivity contribution in [1.82, 2.24) is 0 Å². The minimum Gasteiger partial charge on any atom is -0.452 e. The first kappa shape index (κ1) is 15.3. The van der Waals surface area contributed by atoms with E-state index in [1.54, 1.807) is 0 Å². The zero-order valence-corrected chi connectivity index (χ0v) is 10.6. The van der Waals surface area contributed by atoms with Crippen molar-refractivity contribution in [2.75, 3.05) is 12.4 Å². The molecule has 0 amide bonds. The first-order valence-corrected chi connectivity index (χ1v) is 5.88. The fraction of sp³-hybridized carbons (Fsp3) is 0.417. The number of aliphatic imine (C=N–C) groups is 1. The fourth-order valence-electron chi connectivity index (χ4n) is 2.19. The summed E-state index contributed by atoms with van der Waals surface area (Å²) in [7, 11) is 0. The van der Waals surface area contributed by atoms with Gasteiger partial charge in [-0.1, -0.05) is 0 Å². The minimum absolute atomic E-state index is 0.0723. The van der Waals surface area contributed by atoms with Crippen LogP contribution in [0.25, 0.3) is 0 Å². The number of amidine groups is 1. The average molecular weight is 309 g/mol. The van der Waals surface area contributed by atoms with Crippen LogP contribution in [0.3, 0.4) is 0 Å². The molecule has 2 unspecified atom stereocenters. The molecule has 1 heterocycles. The molecule has 1 aliphatic heterocycles. The van der Waals surface area contributed by atoms with Crippen molar-refractivity contribution < 1.29 is 26.7 Å². The fourth-order valence-corrected chi connectivity index (χ4v) is 2.19. The summed E-state index contributed by atoms with van der Waals surface area (Å²) in [6, 6.07) is 2.34. The van der Waals surface area contributed by atoms with Gasteiger partial charge in [0.1, 0.15) is 18.0 Å². The minimum atomic E-state index is -4.78. The van der Waals surface area contributed by atoms with Gasteiger partial charge < -0.3 is 16.2 Å². The molecular weight excluding hydrogens is 297 g/mol. The van der Waals surface area contributed by atoms with Crippen LogP contribution in [-0.2, 0) is 10.3 Å². The Morgan fingerprint density at radius 3 is 2.57 bits per heavy atom. The van der Waals surface area contributed by atoms with Crippen LogP contribution in [0.1, 0.15) is 12.0 Å². The Labute approximate surface area is 116 Å². The van der Waals surface area contributed by atoms with Gasteiger partial charge in [0.15, 0.2) is 6.10 Å². The largest absolute Gasteiger partial charge is 0.452 e. The highest BCUT2D eigenvalue weighted by Crippen LogP contribution is 2.41. The van der Waals surface area contributed by atoms with E-state index in [0.29, 0.717) is 0 Å². The Balaban J connectivity index is 2.54. The number of halogens is 5. The van der Waals surface area contributed by atoms with Crippen molar-refractivity contribution in [1.29, 1.82) is 0 Å². The van der Waals surface area contributed by atoms with Gasteiger partial charge in [0, 0.05) is 17.7 Å². The SMILES string of the molecule is NC1=NC(CF)(c2cc(N)ccc2F)CC(C(F)(F)F)O1. The summed E-state index contributed by atoms with van der Waals surface area (Å²) < 4.78 is 70.2. The number of anilines is 1. The number of ether oxygens (including phenoxy) is 1. The highest BCUT2D eigenvalue weighted by molar-refractivity contribution is 5.73. The van der Waals surface area contributed by atoms with Crippen LogP contribution in [-0.4, -0.2) is 25.0 Å². The highest BCUT2D eigenvalue weighted by atomic mass is 19.4. The molecule has 2 rings (SSSR count). The van der Waals surface area contributed by atoms with E-state index in [4.69, 9.17) is 11.5 Å². The lowest BCUT2D eigenvalue weighted by molar-refractivity contribution is -0.209. The molecule has 0 fully saturated rings. The maximum atomic E-state index is 13.9. The Hall–Kier alpha value is -2.06. The molecule has 9 heteroatoms. The van der Waals surface area contributed by atoms with Crippen LogP contribution < -0.4 is 11.5 Å². The molecule has 0 saturated carbocycles. The van der Waals surface area contributed by atoms with Crippen LogP contribution in [0.4, 0.5) is 27.6 Å². The van der Waals surface area contributed by atoms with Gasteiger partial charge in [0.05, 0.1) is 0 Å². The molecule has 0 bridgehead atoms. The monoisotopic (exact) mass is 309 g/mol. The van der Waals surface area contributed by atoms with E-state index in [0.717, 1.165) is 12.1 Å². The summed E-state index contributed by atoms with van der Waals surface area (Å²) in [6.07, 6.45) is -8.07. The Kier molecular flexibility index (Phi) is 3.68. The van der Waals surface area contributed by atoms with Crippen molar-refractivity contribution in [3.63, 3.8) is 0 Å². The Morgan fingerprint density at radius 1 is 1.33 bits per heavy atom. The molecule has 0 aromatic heterocycles. The number of rotatable bonds is 2. The van der Waals surface area contributed by atoms with Crippen molar-refractivity contribution in [3.8, 4) is 0 Å². The number of hydrogen-bond acceptors (Lipinski definition) is 4. The van der Waals surface area contributed by atoms with Crippen LogP contribution in [0.5, 0.6) is 0 Å². The summed E-state index contributed by atoms with van der Waals surface area (Å²) in [6.45, 7) is -1.37. The third-order valence-corrected chi connectivity index (χ3v) is 3.19. The standard InChI is InChI=1S/C12H12F5N3O/c13-5-11(7-3-6(18)1-2-8(7)14)4-9(12(15,16)17)21-10(19)20-11/h1-3,9H,4-5,18H2,(H2,19,20). The number of nitrogens with two attached hydrogens (primary N) is 2. The maximum Gasteiger partial charge on any atom is 0.425 e. The van der Waals surface area contributed by atoms with Gasteiger partial charge in [-0.25, -0.2) is 13.8 Å². The van der Waals surface area contributed by atoms with Crippen molar-refractivity contribution in [2.45, 2.75) is 24.2 Å². The number of benzene rings is 1. The second kappa shape index (κ2) is 5.05. The van der Waals surface area contributed by atoms with Crippen LogP contribution in [0.2, 0.25) is 0 Å². The molecule has 0 radical (unpaired) electrons. The average Bonchev–Trinajstić information content (AvgIpc) is 2.39. The predicted octanol–water partition coefficient (Wildman–Crippen LogP) is 2.24. The molecule has 1 aromatic rings. The molecular formula is C12H12F5N3O. The van der Waals surface area contributed by atoms with E-state index < -0.39 is 42.8 Å². The zero-order chi connectivity index (χ0) is 15.8. The van der Waals surface area contributed by atoms with E-state index in [2.05, 4.69) is 9.73 Å². The summed E-state index contributed by atoms with van der Waals surface area (Å²) >= 11 is 0. The predicted molar refractivity (Wildman–Crippen MR) is 65.6 cm³/mol. The summed E-state index contributed by atoms with van der Waals surface area (Å²) in [5.74, 6) is -0.916. The van der Waals surface area contributed by atoms with Crippen molar-refractivity contribution >= 4 is 11.7 Å². The van der Waals surface area contributed by atoms with Crippen LogP contribution >= 0.6 is 0 Å². The summed E-state index contributed by atoms with van der Waals surface area (Å²) in [5, 5.41) is 0. The topological polar surface area (TPSA) is 73.6 Å². The highest BCUT2D eigenvalue weighted by Gasteiger charge is 2.52. The van der Waals surface area contributed by atoms with Crippen molar-refractivity contribution in [3.05, 3.63) is 29.6 Å². The molecule has 1 aliphatic rings. The second-order valence-electron chi connectivity index (χ2n) is 4.71. The lowest BCUT2D eigenvalue weighted by Crippen LogP contribution is -2.48. The molecule has 116 valence electrons. The molecule has 0 spiro atoms. The molecule has 0 aliphatic carbocycles. The van der Waals surface area contributed by atoms with Gasteiger partial charge in [-0.2, -0.15) is 13.2 Å². The molecule has 4 nitrogen and oxygen atoms in total. The zero-order valence-electron chi connectivity index (χ0n) is 10.6. The van der Waals surface area contributed by atoms with E-state index in [1.165, 1.54) is 6.07 Å². The maximum absolute atomic E-state index is 13.9. The third kappa shape index (κ3) is 2.86. The Morgan fingerprint density at radius 2 is 2.00 bits per heavy atom. The summed E-state index contributed by atoms with van der Waals surface area (Å²) in [5.41, 5.74) is 8.27. The molecule has 21 heavy (non-hydrogen) atoms. The second-order valence-corrected chi connectivity index (χ2v) is 4.71. The third-order valence-electron chi connectivity index (χ3n) is 3.19. The van der Waals surface area contributed by atoms with E-state index in [9.17, 15) is 22.0 Å². The molecule has 2 atom stereocenters. The van der Waals surface area contributed by atoms with Crippen molar-refractivity contribution in [2.24, 2.45) is 10.7 Å². The lowest BCUT2D eigenvalue weighted by Gasteiger charge is -2.36. The van der Waals surface area contributed by atoms with Crippen LogP contribution in [0.15, 0.2) is 23.2 Å². The first-order chi connectivity index (χ1) is 9.68. The van der Waals surface area contributed by atoms with Gasteiger partial charge in [-0.05, 0) is 18.2 Å². The van der Waals surface area contributed by atoms with Gasteiger partial charge in [0.2, 0.25) is 0 Å². The van der Waals surface area contributed by atoms with Gasteiger partial charge in [0.25, 0.3) is 6.02 Å². The number of alkyl halides is 4. The van der Waals surface area contributed by atoms with Gasteiger partial charge >= 0.3 is 6.18 Å². The van der Waals surface area contributed by atoms with Gasteiger partial charge in [-0.3, -0.25) is 0 Å². The van der Waals surface area contributed by atoms with Crippen LogP contribution in [0, 0.1) is 5.82 Å². The Bertz CT molecular complexity index is 575. The first-order valence-electron chi connectivity index (χ1n) is 5.88. The number of hydrogen-bond donors (Lipinski definition) is 2. The number of nitrogen functional groups attached to an aromatic ring is 1. The lowest BCUT2D eigenvalue weighted by atomic mass is 9.84. The van der Waals surface area contributed by atoms with Gasteiger partial charge in [-0.15, -0.1) is 0 Å². The smallest absolute Gasteiger partial charge is 0.425 e. The summed E-state index contributed by atoms with van der Waals surface area (Å²) in [4.78, 5) is 3.57. The number of nitrogens with zero attached hydrogens (tertiary/aromatic N) is 1. The normalized spacial score (nSPS) is 26.1. The van der Waals surface area contributed by atoms with E-state index in [-0.39, 0.29) is 11.3 Å².